The lowest BCUT2D eigenvalue weighted by molar-refractivity contribution is -0.642. The minimum atomic E-state index is -0.249. The van der Waals surface area contributed by atoms with E-state index in [0.717, 1.165) is 49.1 Å². The van der Waals surface area contributed by atoms with Gasteiger partial charge in [-0.05, 0) is 25.1 Å². The number of aliphatic imine (C=N–C) groups is 1. The van der Waals surface area contributed by atoms with Crippen LogP contribution in [0.25, 0.3) is 21.5 Å². The maximum Gasteiger partial charge on any atom is 0.267 e. The van der Waals surface area contributed by atoms with Gasteiger partial charge in [-0.2, -0.15) is 4.57 Å². The average Bonchev–Trinajstić information content (AvgIpc) is 3.18. The zero-order valence-corrected chi connectivity index (χ0v) is 22.1. The number of methoxy groups -OCH3 is 2. The third-order valence-electron chi connectivity index (χ3n) is 5.77. The zero-order valence-electron chi connectivity index (χ0n) is 19.1. The number of hydrogen-bond acceptors (Lipinski definition) is 5. The van der Waals surface area contributed by atoms with Crippen LogP contribution in [-0.4, -0.2) is 20.1 Å². The summed E-state index contributed by atoms with van der Waals surface area (Å²) in [4.78, 5) is 5.04. The lowest BCUT2D eigenvalue weighted by Gasteiger charge is -2.23. The fourth-order valence-electron chi connectivity index (χ4n) is 4.07. The van der Waals surface area contributed by atoms with Crippen LogP contribution < -0.4 is 43.3 Å². The van der Waals surface area contributed by atoms with Crippen LogP contribution in [0.3, 0.4) is 0 Å². The number of aromatic nitrogens is 1. The molecule has 1 N–H and O–H groups in total. The van der Waals surface area contributed by atoms with Crippen LogP contribution in [0.15, 0.2) is 65.7 Å². The second kappa shape index (κ2) is 9.71. The molecule has 0 amide bonds. The number of ether oxygens (including phenoxy) is 2. The Morgan fingerprint density at radius 3 is 2.41 bits per heavy atom. The number of nitrogens with one attached hydrogen (secondary N) is 1. The highest BCUT2D eigenvalue weighted by Crippen LogP contribution is 2.42. The van der Waals surface area contributed by atoms with Crippen LogP contribution in [0.5, 0.6) is 11.5 Å². The van der Waals surface area contributed by atoms with Crippen LogP contribution in [-0.2, 0) is 7.05 Å². The molecule has 0 saturated carbocycles. The van der Waals surface area contributed by atoms with E-state index in [2.05, 4.69) is 5.32 Å². The van der Waals surface area contributed by atoms with Gasteiger partial charge in [0.05, 0.1) is 31.2 Å². The van der Waals surface area contributed by atoms with Crippen molar-refractivity contribution in [2.45, 2.75) is 6.92 Å². The minimum Gasteiger partial charge on any atom is -1.00 e. The van der Waals surface area contributed by atoms with Crippen LogP contribution in [0.2, 0.25) is 0 Å². The Morgan fingerprint density at radius 2 is 1.71 bits per heavy atom. The molecule has 5 rings (SSSR count). The number of thiazole rings is 1. The van der Waals surface area contributed by atoms with Crippen LogP contribution >= 0.6 is 11.3 Å². The van der Waals surface area contributed by atoms with Crippen molar-refractivity contribution in [1.29, 1.82) is 0 Å². The molecule has 0 unspecified atom stereocenters. The molecule has 1 aliphatic rings. The topological polar surface area (TPSA) is 46.7 Å². The van der Waals surface area contributed by atoms with E-state index in [1.54, 1.807) is 31.6 Å². The van der Waals surface area contributed by atoms with Crippen molar-refractivity contribution < 1.29 is 42.4 Å². The summed E-state index contributed by atoms with van der Waals surface area (Å²) < 4.78 is 28.0. The molecule has 3 aromatic carbocycles. The third kappa shape index (κ3) is 4.16. The fourth-order valence-corrected chi connectivity index (χ4v) is 5.20. The molecule has 0 bridgehead atoms. The standard InChI is InChI=1S/C26H22FN3O2S.HI/c1-15(26-30(2)20-12-17(27)10-11-23(20)33-26)24-18-13-21(31-3)22(32-4)14-19(18)28-25(29-24)16-8-6-5-7-9-16;/h5-14H,1-4H3;1H. The van der Waals surface area contributed by atoms with Gasteiger partial charge in [0.15, 0.2) is 11.5 Å². The summed E-state index contributed by atoms with van der Waals surface area (Å²) in [6.07, 6.45) is 0. The summed E-state index contributed by atoms with van der Waals surface area (Å²) in [5.41, 5.74) is 5.43. The van der Waals surface area contributed by atoms with E-state index < -0.39 is 0 Å². The fraction of sp³-hybridized carbons (Fsp3) is 0.154. The lowest BCUT2D eigenvalue weighted by Crippen LogP contribution is -3.00. The number of hydrogen-bond donors (Lipinski definition) is 1. The van der Waals surface area contributed by atoms with E-state index in [9.17, 15) is 4.39 Å². The SMILES string of the molecule is COc1cc2c(cc1OC)C(=C(C)c1sc3ccc(F)cc3[n+]1C)N=C(c1ccccc1)N2.[I-]. The number of nitrogens with zero attached hydrogens (tertiary/aromatic N) is 2. The van der Waals surface area contributed by atoms with Crippen molar-refractivity contribution in [2.24, 2.45) is 12.0 Å². The van der Waals surface area contributed by atoms with Crippen molar-refractivity contribution in [3.63, 3.8) is 0 Å². The van der Waals surface area contributed by atoms with Crippen molar-refractivity contribution in [1.82, 2.24) is 0 Å². The molecule has 4 aromatic rings. The van der Waals surface area contributed by atoms with Crippen molar-refractivity contribution in [3.05, 3.63) is 82.6 Å². The summed E-state index contributed by atoms with van der Waals surface area (Å²) in [6, 6.07) is 18.7. The predicted molar refractivity (Wildman–Crippen MR) is 132 cm³/mol. The number of benzene rings is 3. The molecular formula is C26H23FIN3O2S. The molecule has 1 aliphatic heterocycles. The van der Waals surface area contributed by atoms with Gasteiger partial charge in [-0.15, -0.1) is 0 Å². The molecule has 2 heterocycles. The maximum atomic E-state index is 13.9. The van der Waals surface area contributed by atoms with Gasteiger partial charge < -0.3 is 38.8 Å². The first-order valence-electron chi connectivity index (χ1n) is 10.5. The first-order valence-corrected chi connectivity index (χ1v) is 11.3. The number of amidine groups is 1. The molecule has 34 heavy (non-hydrogen) atoms. The normalized spacial score (nSPS) is 14.0. The molecule has 0 aliphatic carbocycles. The van der Waals surface area contributed by atoms with Gasteiger partial charge in [0.1, 0.15) is 23.4 Å². The van der Waals surface area contributed by atoms with Crippen LogP contribution in [0, 0.1) is 5.82 Å². The highest BCUT2D eigenvalue weighted by Gasteiger charge is 2.27. The number of aryl methyl sites for hydroxylation is 1. The van der Waals surface area contributed by atoms with E-state index in [1.165, 1.54) is 6.07 Å². The highest BCUT2D eigenvalue weighted by molar-refractivity contribution is 7.19. The second-order valence-electron chi connectivity index (χ2n) is 7.76. The minimum absolute atomic E-state index is 0. The van der Waals surface area contributed by atoms with Crippen LogP contribution in [0.4, 0.5) is 10.1 Å². The average molecular weight is 587 g/mol. The molecule has 0 atom stereocenters. The highest BCUT2D eigenvalue weighted by atomic mass is 127. The van der Waals surface area contributed by atoms with E-state index in [0.29, 0.717) is 11.5 Å². The number of allylic oxidation sites excluding steroid dienone is 1. The van der Waals surface area contributed by atoms with Gasteiger partial charge in [-0.3, -0.25) is 0 Å². The zero-order chi connectivity index (χ0) is 23.1. The van der Waals surface area contributed by atoms with E-state index >= 15 is 0 Å². The molecule has 0 radical (unpaired) electrons. The van der Waals surface area contributed by atoms with Gasteiger partial charge in [0.2, 0.25) is 5.52 Å². The Bertz CT molecular complexity index is 1450. The van der Waals surface area contributed by atoms with E-state index in [1.807, 2.05) is 67.1 Å². The molecule has 5 nitrogen and oxygen atoms in total. The van der Waals surface area contributed by atoms with E-state index in [-0.39, 0.29) is 29.8 Å². The molecule has 174 valence electrons. The molecule has 1 aromatic heterocycles. The first kappa shape index (κ1) is 24.2. The lowest BCUT2D eigenvalue weighted by atomic mass is 10.0. The second-order valence-corrected chi connectivity index (χ2v) is 8.79. The van der Waals surface area contributed by atoms with Gasteiger partial charge in [-0.1, -0.05) is 41.7 Å². The molecule has 0 spiro atoms. The summed E-state index contributed by atoms with van der Waals surface area (Å²) >= 11 is 1.62. The molecule has 8 heteroatoms. The number of fused-ring (bicyclic) bond motifs is 2. The Labute approximate surface area is 218 Å². The summed E-state index contributed by atoms with van der Waals surface area (Å²) in [7, 11) is 5.20. The van der Waals surface area contributed by atoms with Crippen molar-refractivity contribution in [2.75, 3.05) is 19.5 Å². The molecule has 0 fully saturated rings. The van der Waals surface area contributed by atoms with Gasteiger partial charge in [0, 0.05) is 23.3 Å². The van der Waals surface area contributed by atoms with E-state index in [4.69, 9.17) is 14.5 Å². The largest absolute Gasteiger partial charge is 1.00 e. The summed E-state index contributed by atoms with van der Waals surface area (Å²) in [5.74, 6) is 1.77. The Balaban J connectivity index is 0.00000274. The number of anilines is 1. The van der Waals surface area contributed by atoms with Crippen LogP contribution in [0.1, 0.15) is 23.1 Å². The van der Waals surface area contributed by atoms with Crippen molar-refractivity contribution >= 4 is 44.3 Å². The third-order valence-corrected chi connectivity index (χ3v) is 7.11. The predicted octanol–water partition coefficient (Wildman–Crippen LogP) is 2.65. The Kier molecular flexibility index (Phi) is 6.90. The Hall–Kier alpha value is -2.98. The Morgan fingerprint density at radius 1 is 1.00 bits per heavy atom. The van der Waals surface area contributed by atoms with Gasteiger partial charge in [-0.25, -0.2) is 9.38 Å². The summed E-state index contributed by atoms with van der Waals surface area (Å²) in [6.45, 7) is 2.05. The summed E-state index contributed by atoms with van der Waals surface area (Å²) in [5, 5.41) is 4.46. The molecule has 0 saturated heterocycles. The first-order chi connectivity index (χ1) is 16.0. The molecular weight excluding hydrogens is 564 g/mol. The number of rotatable bonds is 4. The number of halogens is 2. The quantitative estimate of drug-likeness (QED) is 0.295. The van der Waals surface area contributed by atoms with Gasteiger partial charge in [0.25, 0.3) is 5.01 Å². The monoisotopic (exact) mass is 587 g/mol. The maximum absolute atomic E-state index is 13.9. The van der Waals surface area contributed by atoms with Crippen molar-refractivity contribution in [3.8, 4) is 11.5 Å². The van der Waals surface area contributed by atoms with Gasteiger partial charge >= 0.3 is 0 Å². The smallest absolute Gasteiger partial charge is 0.267 e.